The van der Waals surface area contributed by atoms with Gasteiger partial charge in [-0.05, 0) is 55.9 Å². The first-order valence-corrected chi connectivity index (χ1v) is 13.2. The largest absolute Gasteiger partial charge is 0.490 e. The number of hydrogen-bond acceptors (Lipinski definition) is 9. The lowest BCUT2D eigenvalue weighted by molar-refractivity contribution is -0.192. The number of alkyl halides is 3. The number of aryl methyl sites for hydroxylation is 1. The van der Waals surface area contributed by atoms with Crippen molar-refractivity contribution in [3.05, 3.63) is 33.8 Å². The van der Waals surface area contributed by atoms with Gasteiger partial charge in [-0.3, -0.25) is 0 Å². The number of esters is 1. The van der Waals surface area contributed by atoms with Crippen molar-refractivity contribution >= 4 is 39.8 Å². The summed E-state index contributed by atoms with van der Waals surface area (Å²) in [4.78, 5) is 37.5. The minimum atomic E-state index is -5.08. The van der Waals surface area contributed by atoms with Crippen LogP contribution in [-0.4, -0.2) is 64.5 Å². The smallest absolute Gasteiger partial charge is 0.475 e. The molecule has 1 aliphatic heterocycles. The number of nitrogens with one attached hydrogen (secondary N) is 1. The van der Waals surface area contributed by atoms with Gasteiger partial charge in [0.1, 0.15) is 5.54 Å². The van der Waals surface area contributed by atoms with Crippen molar-refractivity contribution in [1.29, 1.82) is 0 Å². The third-order valence-electron chi connectivity index (χ3n) is 6.62. The summed E-state index contributed by atoms with van der Waals surface area (Å²) in [6.45, 7) is 2.93. The molecule has 2 N–H and O–H groups in total. The molecule has 4 rings (SSSR count). The summed E-state index contributed by atoms with van der Waals surface area (Å²) in [6.07, 6.45) is 1.35. The summed E-state index contributed by atoms with van der Waals surface area (Å²) < 4.78 is 43.3. The lowest BCUT2D eigenvalue weighted by Crippen LogP contribution is -2.49. The molecule has 214 valence electrons. The molecule has 1 aromatic heterocycles. The van der Waals surface area contributed by atoms with Gasteiger partial charge >= 0.3 is 24.1 Å². The van der Waals surface area contributed by atoms with Gasteiger partial charge in [-0.2, -0.15) is 28.1 Å². The molecule has 2 fully saturated rings. The second kappa shape index (κ2) is 12.8. The zero-order chi connectivity index (χ0) is 28.8. The van der Waals surface area contributed by atoms with E-state index in [1.807, 2.05) is 0 Å². The SMILES string of the molecule is COC(=O)C1(Nc2nc(OC)nc(N3CCCC3c3cc(C)cc(Br)c3)n2)CCCCC1.O=C(O)C(F)(F)F. The van der Waals surface area contributed by atoms with Crippen LogP contribution >= 0.6 is 15.9 Å². The van der Waals surface area contributed by atoms with Crippen molar-refractivity contribution < 1.29 is 37.3 Å². The molecule has 0 spiro atoms. The summed E-state index contributed by atoms with van der Waals surface area (Å²) in [5.41, 5.74) is 1.61. The van der Waals surface area contributed by atoms with E-state index < -0.39 is 17.7 Å². The second-order valence-corrected chi connectivity index (χ2v) is 10.3. The molecule has 2 aromatic rings. The minimum Gasteiger partial charge on any atom is -0.475 e. The van der Waals surface area contributed by atoms with E-state index >= 15 is 0 Å². The van der Waals surface area contributed by atoms with Gasteiger partial charge in [-0.1, -0.05) is 41.3 Å². The molecule has 1 atom stereocenters. The van der Waals surface area contributed by atoms with Crippen molar-refractivity contribution in [3.63, 3.8) is 0 Å². The predicted molar refractivity (Wildman–Crippen MR) is 140 cm³/mol. The van der Waals surface area contributed by atoms with E-state index in [4.69, 9.17) is 24.4 Å². The normalized spacial score (nSPS) is 18.5. The molecule has 14 heteroatoms. The molecule has 0 radical (unpaired) electrons. The summed E-state index contributed by atoms with van der Waals surface area (Å²) in [5, 5.41) is 10.4. The van der Waals surface area contributed by atoms with Crippen LogP contribution in [-0.2, 0) is 14.3 Å². The van der Waals surface area contributed by atoms with Crippen LogP contribution in [0.15, 0.2) is 22.7 Å². The van der Waals surface area contributed by atoms with Crippen molar-refractivity contribution in [2.75, 3.05) is 31.0 Å². The lowest BCUT2D eigenvalue weighted by Gasteiger charge is -2.35. The third-order valence-corrected chi connectivity index (χ3v) is 7.08. The van der Waals surface area contributed by atoms with Crippen LogP contribution in [0, 0.1) is 6.92 Å². The second-order valence-electron chi connectivity index (χ2n) is 9.42. The summed E-state index contributed by atoms with van der Waals surface area (Å²) in [7, 11) is 2.97. The van der Waals surface area contributed by atoms with Gasteiger partial charge in [0, 0.05) is 11.0 Å². The van der Waals surface area contributed by atoms with Gasteiger partial charge in [0.2, 0.25) is 11.9 Å². The Kier molecular flexibility index (Phi) is 9.97. The van der Waals surface area contributed by atoms with Crippen LogP contribution in [0.25, 0.3) is 0 Å². The van der Waals surface area contributed by atoms with E-state index in [0.29, 0.717) is 24.7 Å². The number of benzene rings is 1. The number of hydrogen-bond donors (Lipinski definition) is 2. The van der Waals surface area contributed by atoms with E-state index in [2.05, 4.69) is 61.2 Å². The maximum atomic E-state index is 12.7. The molecule has 0 amide bonds. The minimum absolute atomic E-state index is 0.162. The molecule has 1 unspecified atom stereocenters. The number of halogens is 4. The number of carbonyl (C=O) groups is 2. The molecule has 1 saturated carbocycles. The average Bonchev–Trinajstić information content (AvgIpc) is 3.38. The molecular formula is C25H31BrF3N5O5. The van der Waals surface area contributed by atoms with Crippen molar-refractivity contribution in [3.8, 4) is 6.01 Å². The number of carbonyl (C=O) groups excluding carboxylic acids is 1. The fourth-order valence-electron chi connectivity index (χ4n) is 4.88. The standard InChI is InChI=1S/C23H30BrN5O3.C2HF3O2/c1-15-12-16(14-17(24)13-15)18-8-7-11-29(18)21-25-20(26-22(27-21)32-3)28-23(19(30)31-2)9-5-4-6-10-23;3-2(4,5)1(6)7/h12-14,18H,4-11H2,1-3H3,(H,25,26,27,28);(H,6,7). The highest BCUT2D eigenvalue weighted by molar-refractivity contribution is 9.10. The number of methoxy groups -OCH3 is 2. The molecule has 1 aliphatic carbocycles. The van der Waals surface area contributed by atoms with Crippen molar-refractivity contribution in [1.82, 2.24) is 15.0 Å². The van der Waals surface area contributed by atoms with E-state index in [1.165, 1.54) is 18.2 Å². The van der Waals surface area contributed by atoms with Crippen LogP contribution in [0.2, 0.25) is 0 Å². The van der Waals surface area contributed by atoms with Crippen molar-refractivity contribution in [2.24, 2.45) is 0 Å². The Morgan fingerprint density at radius 2 is 1.77 bits per heavy atom. The van der Waals surface area contributed by atoms with Crippen LogP contribution < -0.4 is 15.0 Å². The molecule has 39 heavy (non-hydrogen) atoms. The Bertz CT molecular complexity index is 1160. The van der Waals surface area contributed by atoms with E-state index in [9.17, 15) is 18.0 Å². The van der Waals surface area contributed by atoms with E-state index in [0.717, 1.165) is 43.1 Å². The molecule has 1 aromatic carbocycles. The summed E-state index contributed by atoms with van der Waals surface area (Å²) >= 11 is 3.62. The molecule has 0 bridgehead atoms. The highest BCUT2D eigenvalue weighted by Gasteiger charge is 2.42. The van der Waals surface area contributed by atoms with Crippen molar-refractivity contribution in [2.45, 2.75) is 69.6 Å². The van der Waals surface area contributed by atoms with Gasteiger partial charge < -0.3 is 24.8 Å². The van der Waals surface area contributed by atoms with E-state index in [1.54, 1.807) is 7.11 Å². The third kappa shape index (κ3) is 7.70. The number of anilines is 2. The fourth-order valence-corrected chi connectivity index (χ4v) is 5.50. The van der Waals surface area contributed by atoms with E-state index in [-0.39, 0.29) is 18.0 Å². The van der Waals surface area contributed by atoms with Gasteiger partial charge in [-0.15, -0.1) is 0 Å². The Morgan fingerprint density at radius 3 is 2.33 bits per heavy atom. The maximum absolute atomic E-state index is 12.7. The van der Waals surface area contributed by atoms with Crippen LogP contribution in [0.3, 0.4) is 0 Å². The Morgan fingerprint density at radius 1 is 1.10 bits per heavy atom. The molecule has 1 saturated heterocycles. The fraction of sp³-hybridized carbons (Fsp3) is 0.560. The number of rotatable bonds is 6. The molecule has 2 aliphatic rings. The van der Waals surface area contributed by atoms with Gasteiger partial charge in [0.25, 0.3) is 0 Å². The monoisotopic (exact) mass is 617 g/mol. The number of nitrogens with zero attached hydrogens (tertiary/aromatic N) is 4. The average molecular weight is 618 g/mol. The van der Waals surface area contributed by atoms with Gasteiger partial charge in [-0.25, -0.2) is 9.59 Å². The predicted octanol–water partition coefficient (Wildman–Crippen LogP) is 5.21. The topological polar surface area (TPSA) is 127 Å². The lowest BCUT2D eigenvalue weighted by atomic mass is 9.82. The number of carboxylic acids is 1. The first-order chi connectivity index (χ1) is 18.4. The van der Waals surface area contributed by atoms with Gasteiger partial charge in [0.05, 0.1) is 20.3 Å². The highest BCUT2D eigenvalue weighted by Crippen LogP contribution is 2.37. The summed E-state index contributed by atoms with van der Waals surface area (Å²) in [6, 6.07) is 6.86. The first-order valence-electron chi connectivity index (χ1n) is 12.4. The van der Waals surface area contributed by atoms with Crippen LogP contribution in [0.4, 0.5) is 25.1 Å². The van der Waals surface area contributed by atoms with Crippen LogP contribution in [0.1, 0.15) is 62.1 Å². The maximum Gasteiger partial charge on any atom is 0.490 e. The Hall–Kier alpha value is -3.16. The highest BCUT2D eigenvalue weighted by atomic mass is 79.9. The number of aliphatic carboxylic acids is 1. The van der Waals surface area contributed by atoms with Gasteiger partial charge in [0.15, 0.2) is 0 Å². The van der Waals surface area contributed by atoms with Crippen LogP contribution in [0.5, 0.6) is 6.01 Å². The Labute approximate surface area is 232 Å². The Balaban J connectivity index is 0.000000532. The molecule has 10 nitrogen and oxygen atoms in total. The molecule has 2 heterocycles. The zero-order valence-electron chi connectivity index (χ0n) is 21.8. The number of carboxylic acid groups (broad SMARTS) is 1. The molecular weight excluding hydrogens is 587 g/mol. The summed E-state index contributed by atoms with van der Waals surface area (Å²) in [5.74, 6) is -2.14. The first kappa shape index (κ1) is 30.4. The quantitative estimate of drug-likeness (QED) is 0.417. The number of aromatic nitrogens is 3. The number of ether oxygens (including phenoxy) is 2. The zero-order valence-corrected chi connectivity index (χ0v) is 23.4.